The van der Waals surface area contributed by atoms with E-state index in [2.05, 4.69) is 0 Å². The SMILES string of the molecule is NC(CCc1ccccc1)(C(=O)O)P(=O)(O)Cc1ccccc1. The highest BCUT2D eigenvalue weighted by atomic mass is 31.2. The number of nitrogens with two attached hydrogens (primary N) is 1. The molecule has 0 radical (unpaired) electrons. The highest BCUT2D eigenvalue weighted by molar-refractivity contribution is 7.59. The minimum Gasteiger partial charge on any atom is -0.479 e. The van der Waals surface area contributed by atoms with E-state index in [9.17, 15) is 19.4 Å². The molecule has 23 heavy (non-hydrogen) atoms. The summed E-state index contributed by atoms with van der Waals surface area (Å²) >= 11 is 0. The van der Waals surface area contributed by atoms with E-state index in [0.717, 1.165) is 5.56 Å². The lowest BCUT2D eigenvalue weighted by Crippen LogP contribution is -2.48. The quantitative estimate of drug-likeness (QED) is 0.677. The summed E-state index contributed by atoms with van der Waals surface area (Å²) in [6.07, 6.45) is -0.0403. The van der Waals surface area contributed by atoms with Crippen LogP contribution in [0, 0.1) is 0 Å². The van der Waals surface area contributed by atoms with Crippen LogP contribution in [0.25, 0.3) is 0 Å². The molecule has 2 aromatic rings. The van der Waals surface area contributed by atoms with Crippen molar-refractivity contribution in [2.75, 3.05) is 0 Å². The highest BCUT2D eigenvalue weighted by Crippen LogP contribution is 2.56. The number of carboxylic acids is 1. The van der Waals surface area contributed by atoms with Gasteiger partial charge in [0.05, 0.1) is 6.16 Å². The first-order chi connectivity index (χ1) is 10.8. The molecule has 0 saturated carbocycles. The average molecular weight is 333 g/mol. The van der Waals surface area contributed by atoms with Crippen LogP contribution in [0.15, 0.2) is 60.7 Å². The molecule has 0 amide bonds. The maximum absolute atomic E-state index is 12.7. The van der Waals surface area contributed by atoms with Crippen LogP contribution in [0.5, 0.6) is 0 Å². The van der Waals surface area contributed by atoms with E-state index in [4.69, 9.17) is 5.73 Å². The van der Waals surface area contributed by atoms with Crippen molar-refractivity contribution in [1.29, 1.82) is 0 Å². The first kappa shape index (κ1) is 17.4. The molecule has 2 aromatic carbocycles. The van der Waals surface area contributed by atoms with Crippen LogP contribution in [0.3, 0.4) is 0 Å². The average Bonchev–Trinajstić information content (AvgIpc) is 2.53. The van der Waals surface area contributed by atoms with Crippen LogP contribution in [0.4, 0.5) is 0 Å². The van der Waals surface area contributed by atoms with Crippen molar-refractivity contribution in [2.45, 2.75) is 24.3 Å². The Labute approximate surface area is 135 Å². The number of hydrogen-bond donors (Lipinski definition) is 3. The maximum atomic E-state index is 12.7. The van der Waals surface area contributed by atoms with Crippen LogP contribution in [0.1, 0.15) is 17.5 Å². The van der Waals surface area contributed by atoms with Crippen molar-refractivity contribution in [2.24, 2.45) is 5.73 Å². The molecular formula is C17H20NO4P. The van der Waals surface area contributed by atoms with E-state index in [1.54, 1.807) is 30.3 Å². The van der Waals surface area contributed by atoms with Gasteiger partial charge in [0.1, 0.15) is 0 Å². The summed E-state index contributed by atoms with van der Waals surface area (Å²) in [6, 6.07) is 17.8. The second-order valence-corrected chi connectivity index (χ2v) is 8.08. The molecule has 0 fully saturated rings. The van der Waals surface area contributed by atoms with Crippen LogP contribution in [-0.2, 0) is 21.9 Å². The fourth-order valence-electron chi connectivity index (χ4n) is 2.38. The zero-order chi connectivity index (χ0) is 16.9. The van der Waals surface area contributed by atoms with Gasteiger partial charge in [-0.25, -0.2) is 4.79 Å². The van der Waals surface area contributed by atoms with Gasteiger partial charge < -0.3 is 15.7 Å². The Balaban J connectivity index is 2.21. The Kier molecular flexibility index (Phi) is 5.37. The third-order valence-corrected chi connectivity index (χ3v) is 6.33. The molecule has 4 N–H and O–H groups in total. The monoisotopic (exact) mass is 333 g/mol. The van der Waals surface area contributed by atoms with Crippen molar-refractivity contribution in [1.82, 2.24) is 0 Å². The van der Waals surface area contributed by atoms with E-state index in [-0.39, 0.29) is 12.6 Å². The Morgan fingerprint density at radius 1 is 1.00 bits per heavy atom. The molecule has 0 spiro atoms. The number of aryl methyl sites for hydroxylation is 1. The minimum atomic E-state index is -4.15. The van der Waals surface area contributed by atoms with Gasteiger partial charge in [-0.05, 0) is 24.0 Å². The van der Waals surface area contributed by atoms with E-state index in [0.29, 0.717) is 12.0 Å². The lowest BCUT2D eigenvalue weighted by atomic mass is 10.1. The Morgan fingerprint density at radius 3 is 1.96 bits per heavy atom. The van der Waals surface area contributed by atoms with Gasteiger partial charge in [0, 0.05) is 0 Å². The third kappa shape index (κ3) is 4.08. The second-order valence-electron chi connectivity index (χ2n) is 5.56. The molecule has 0 saturated heterocycles. The predicted octanol–water partition coefficient (Wildman–Crippen LogP) is 2.83. The van der Waals surface area contributed by atoms with Gasteiger partial charge >= 0.3 is 5.97 Å². The molecule has 0 aliphatic rings. The number of benzene rings is 2. The Morgan fingerprint density at radius 2 is 1.48 bits per heavy atom. The lowest BCUT2D eigenvalue weighted by molar-refractivity contribution is -0.140. The zero-order valence-corrected chi connectivity index (χ0v) is 13.5. The largest absolute Gasteiger partial charge is 0.479 e. The van der Waals surface area contributed by atoms with Gasteiger partial charge in [0.15, 0.2) is 5.28 Å². The summed E-state index contributed by atoms with van der Waals surface area (Å²) in [5, 5.41) is 7.30. The fourth-order valence-corrected chi connectivity index (χ4v) is 4.13. The van der Waals surface area contributed by atoms with Crippen molar-refractivity contribution in [3.05, 3.63) is 71.8 Å². The van der Waals surface area contributed by atoms with E-state index in [1.165, 1.54) is 0 Å². The summed E-state index contributed by atoms with van der Waals surface area (Å²) in [5.74, 6) is -1.45. The number of carbonyl (C=O) groups is 1. The van der Waals surface area contributed by atoms with E-state index in [1.807, 2.05) is 30.3 Å². The number of hydrogen-bond acceptors (Lipinski definition) is 3. The molecule has 2 atom stereocenters. The van der Waals surface area contributed by atoms with Gasteiger partial charge in [-0.15, -0.1) is 0 Å². The smallest absolute Gasteiger partial charge is 0.333 e. The fraction of sp³-hybridized carbons (Fsp3) is 0.235. The van der Waals surface area contributed by atoms with Crippen LogP contribution >= 0.6 is 7.37 Å². The molecule has 0 heterocycles. The van der Waals surface area contributed by atoms with Gasteiger partial charge in [-0.2, -0.15) is 0 Å². The van der Waals surface area contributed by atoms with E-state index < -0.39 is 18.6 Å². The molecule has 6 heteroatoms. The van der Waals surface area contributed by atoms with Crippen molar-refractivity contribution < 1.29 is 19.4 Å². The topological polar surface area (TPSA) is 101 Å². The van der Waals surface area contributed by atoms with Gasteiger partial charge in [-0.3, -0.25) is 4.57 Å². The van der Waals surface area contributed by atoms with Gasteiger partial charge in [-0.1, -0.05) is 60.7 Å². The Hall–Kier alpha value is -1.94. The normalized spacial score (nSPS) is 16.3. The molecular weight excluding hydrogens is 313 g/mol. The lowest BCUT2D eigenvalue weighted by Gasteiger charge is -2.30. The molecule has 0 aromatic heterocycles. The predicted molar refractivity (Wildman–Crippen MR) is 89.3 cm³/mol. The summed E-state index contributed by atoms with van der Waals surface area (Å²) in [7, 11) is -4.15. The van der Waals surface area contributed by atoms with Gasteiger partial charge in [0.25, 0.3) is 0 Å². The van der Waals surface area contributed by atoms with Gasteiger partial charge in [0.2, 0.25) is 7.37 Å². The van der Waals surface area contributed by atoms with Crippen LogP contribution in [-0.4, -0.2) is 21.2 Å². The first-order valence-corrected chi connectivity index (χ1v) is 9.12. The molecule has 0 aliphatic heterocycles. The standard InChI is InChI=1S/C17H20NO4P/c18-17(16(19)20,12-11-14-7-3-1-4-8-14)23(21,22)13-15-9-5-2-6-10-15/h1-10H,11-13,18H2,(H,19,20)(H,21,22). The summed E-state index contributed by atoms with van der Waals surface area (Å²) in [5.41, 5.74) is 7.37. The minimum absolute atomic E-state index is 0.104. The molecule has 122 valence electrons. The highest BCUT2D eigenvalue weighted by Gasteiger charge is 2.50. The van der Waals surface area contributed by atoms with Crippen molar-refractivity contribution in [3.8, 4) is 0 Å². The summed E-state index contributed by atoms with van der Waals surface area (Å²) in [4.78, 5) is 22.0. The summed E-state index contributed by atoms with van der Waals surface area (Å²) in [6.45, 7) is 0. The molecule has 5 nitrogen and oxygen atoms in total. The van der Waals surface area contributed by atoms with Crippen molar-refractivity contribution in [3.63, 3.8) is 0 Å². The maximum Gasteiger partial charge on any atom is 0.333 e. The number of aliphatic carboxylic acids is 1. The molecule has 0 bridgehead atoms. The van der Waals surface area contributed by atoms with E-state index >= 15 is 0 Å². The third-order valence-electron chi connectivity index (χ3n) is 3.87. The first-order valence-electron chi connectivity index (χ1n) is 7.27. The van der Waals surface area contributed by atoms with Crippen molar-refractivity contribution >= 4 is 13.3 Å². The second kappa shape index (κ2) is 7.09. The zero-order valence-electron chi connectivity index (χ0n) is 12.6. The molecule has 2 rings (SSSR count). The van der Waals surface area contributed by atoms with Crippen LogP contribution in [0.2, 0.25) is 0 Å². The van der Waals surface area contributed by atoms with Crippen LogP contribution < -0.4 is 5.73 Å². The Bertz CT molecular complexity index is 705. The molecule has 2 unspecified atom stereocenters. The summed E-state index contributed by atoms with van der Waals surface area (Å²) < 4.78 is 12.7. The number of rotatable bonds is 7. The number of carboxylic acid groups (broad SMARTS) is 1. The molecule has 0 aliphatic carbocycles.